The molecule has 7 nitrogen and oxygen atoms in total. The molecule has 1 N–H and O–H groups in total. The number of carbonyl (C=O) groups excluding carboxylic acids is 1. The zero-order valence-corrected chi connectivity index (χ0v) is 18.8. The van der Waals surface area contributed by atoms with Crippen LogP contribution >= 0.6 is 0 Å². The summed E-state index contributed by atoms with van der Waals surface area (Å²) in [7, 11) is 0. The SMILES string of the molecule is CC(C)(C)OC(=O)N[C@H](c1ccc(C(C)(C)C)cc1)[C@H](C#N)c1ccccc1[N+](=O)[O-]. The molecule has 2 atom stereocenters. The van der Waals surface area contributed by atoms with Crippen molar-refractivity contribution in [2.45, 2.75) is 64.5 Å². The molecule has 164 valence electrons. The van der Waals surface area contributed by atoms with E-state index < -0.39 is 28.6 Å². The summed E-state index contributed by atoms with van der Waals surface area (Å²) in [5.74, 6) is -0.991. The lowest BCUT2D eigenvalue weighted by atomic mass is 9.83. The second kappa shape index (κ2) is 9.17. The number of carbonyl (C=O) groups is 1. The van der Waals surface area contributed by atoms with Crippen LogP contribution in [0.25, 0.3) is 0 Å². The fourth-order valence-corrected chi connectivity index (χ4v) is 3.22. The Bertz CT molecular complexity index is 980. The van der Waals surface area contributed by atoms with Crippen molar-refractivity contribution in [2.75, 3.05) is 0 Å². The molecule has 7 heteroatoms. The van der Waals surface area contributed by atoms with Gasteiger partial charge < -0.3 is 10.1 Å². The van der Waals surface area contributed by atoms with E-state index in [1.807, 2.05) is 24.3 Å². The first kappa shape index (κ1) is 23.9. The lowest BCUT2D eigenvalue weighted by molar-refractivity contribution is -0.385. The first-order valence-corrected chi connectivity index (χ1v) is 10.1. The van der Waals surface area contributed by atoms with Crippen molar-refractivity contribution in [2.24, 2.45) is 0 Å². The molecule has 1 amide bonds. The van der Waals surface area contributed by atoms with Gasteiger partial charge >= 0.3 is 6.09 Å². The molecule has 2 aromatic rings. The quantitative estimate of drug-likeness (QED) is 0.486. The first-order valence-electron chi connectivity index (χ1n) is 10.1. The van der Waals surface area contributed by atoms with E-state index in [4.69, 9.17) is 4.74 Å². The summed E-state index contributed by atoms with van der Waals surface area (Å²) in [5.41, 5.74) is 1.01. The second-order valence-electron chi connectivity index (χ2n) is 9.42. The number of nitrogens with one attached hydrogen (secondary N) is 1. The van der Waals surface area contributed by atoms with Gasteiger partial charge in [-0.15, -0.1) is 0 Å². The molecule has 0 aliphatic heterocycles. The average molecular weight is 424 g/mol. The van der Waals surface area contributed by atoms with Crippen LogP contribution in [0.5, 0.6) is 0 Å². The highest BCUT2D eigenvalue weighted by Crippen LogP contribution is 2.36. The van der Waals surface area contributed by atoms with Crippen molar-refractivity contribution in [1.29, 1.82) is 5.26 Å². The van der Waals surface area contributed by atoms with Crippen molar-refractivity contribution < 1.29 is 14.5 Å². The van der Waals surface area contributed by atoms with E-state index in [-0.39, 0.29) is 16.7 Å². The van der Waals surface area contributed by atoms with Gasteiger partial charge in [-0.3, -0.25) is 10.1 Å². The normalized spacial score (nSPS) is 13.6. The van der Waals surface area contributed by atoms with E-state index in [2.05, 4.69) is 32.2 Å². The second-order valence-corrected chi connectivity index (χ2v) is 9.42. The standard InChI is InChI=1S/C24H29N3O4/c1-23(2,3)17-13-11-16(12-14-17)21(26-22(28)31-24(4,5)6)19(15-25)18-9-7-8-10-20(18)27(29)30/h7-14,19,21H,1-6H3,(H,26,28)/t19-,21-/m1/s1. The number of alkyl carbamates (subject to hydrolysis) is 1. The highest BCUT2D eigenvalue weighted by Gasteiger charge is 2.33. The maximum absolute atomic E-state index is 12.6. The number of nitrogens with zero attached hydrogens (tertiary/aromatic N) is 2. The summed E-state index contributed by atoms with van der Waals surface area (Å²) in [4.78, 5) is 23.6. The molecule has 0 spiro atoms. The van der Waals surface area contributed by atoms with E-state index in [0.29, 0.717) is 5.56 Å². The topological polar surface area (TPSA) is 105 Å². The molecular weight excluding hydrogens is 394 g/mol. The van der Waals surface area contributed by atoms with Crippen molar-refractivity contribution in [3.05, 3.63) is 75.3 Å². The summed E-state index contributed by atoms with van der Waals surface area (Å²) in [5, 5.41) is 24.3. The molecule has 0 saturated carbocycles. The highest BCUT2D eigenvalue weighted by molar-refractivity contribution is 5.69. The maximum Gasteiger partial charge on any atom is 0.408 e. The molecule has 0 aliphatic rings. The minimum Gasteiger partial charge on any atom is -0.444 e. The Labute approximate surface area is 183 Å². The Morgan fingerprint density at radius 3 is 2.13 bits per heavy atom. The molecule has 0 aliphatic carbocycles. The monoisotopic (exact) mass is 423 g/mol. The van der Waals surface area contributed by atoms with Crippen LogP contribution in [-0.2, 0) is 10.2 Å². The van der Waals surface area contributed by atoms with Gasteiger partial charge in [0.1, 0.15) is 11.5 Å². The fourth-order valence-electron chi connectivity index (χ4n) is 3.22. The van der Waals surface area contributed by atoms with Crippen LogP contribution in [0.3, 0.4) is 0 Å². The molecule has 0 bridgehead atoms. The summed E-state index contributed by atoms with van der Waals surface area (Å²) in [6.07, 6.45) is -0.698. The number of benzene rings is 2. The smallest absolute Gasteiger partial charge is 0.408 e. The zero-order chi connectivity index (χ0) is 23.4. The van der Waals surface area contributed by atoms with Gasteiger partial charge in [-0.1, -0.05) is 63.2 Å². The molecule has 0 saturated heterocycles. The third-order valence-electron chi connectivity index (χ3n) is 4.75. The van der Waals surface area contributed by atoms with Crippen LogP contribution in [-0.4, -0.2) is 16.6 Å². The number of hydrogen-bond acceptors (Lipinski definition) is 5. The van der Waals surface area contributed by atoms with Crippen molar-refractivity contribution in [3.8, 4) is 6.07 Å². The average Bonchev–Trinajstić information content (AvgIpc) is 2.66. The largest absolute Gasteiger partial charge is 0.444 e. The van der Waals surface area contributed by atoms with Crippen molar-refractivity contribution in [3.63, 3.8) is 0 Å². The van der Waals surface area contributed by atoms with Gasteiger partial charge in [0.15, 0.2) is 0 Å². The Morgan fingerprint density at radius 2 is 1.65 bits per heavy atom. The summed E-state index contributed by atoms with van der Waals surface area (Å²) in [6.45, 7) is 11.5. The van der Waals surface area contributed by atoms with Gasteiger partial charge in [0, 0.05) is 11.6 Å². The third-order valence-corrected chi connectivity index (χ3v) is 4.75. The Kier molecular flexibility index (Phi) is 7.06. The Hall–Kier alpha value is -3.40. The van der Waals surface area contributed by atoms with Gasteiger partial charge in [-0.2, -0.15) is 5.26 Å². The predicted octanol–water partition coefficient (Wildman–Crippen LogP) is 5.77. The number of nitriles is 1. The number of rotatable bonds is 5. The van der Waals surface area contributed by atoms with Crippen molar-refractivity contribution in [1.82, 2.24) is 5.32 Å². The van der Waals surface area contributed by atoms with Crippen LogP contribution in [0.1, 0.15) is 70.2 Å². The molecule has 0 aromatic heterocycles. The van der Waals surface area contributed by atoms with Crippen molar-refractivity contribution >= 4 is 11.8 Å². The lowest BCUT2D eigenvalue weighted by Gasteiger charge is -2.27. The zero-order valence-electron chi connectivity index (χ0n) is 18.8. The van der Waals surface area contributed by atoms with E-state index in [1.165, 1.54) is 6.07 Å². The molecular formula is C24H29N3O4. The number of ether oxygens (including phenoxy) is 1. The third kappa shape index (κ3) is 6.29. The van der Waals surface area contributed by atoms with E-state index in [9.17, 15) is 20.2 Å². The Morgan fingerprint density at radius 1 is 1.06 bits per heavy atom. The fraction of sp³-hybridized carbons (Fsp3) is 0.417. The van der Waals surface area contributed by atoms with Gasteiger partial charge in [0.05, 0.1) is 17.0 Å². The molecule has 0 heterocycles. The van der Waals surface area contributed by atoms with Crippen LogP contribution in [0.2, 0.25) is 0 Å². The van der Waals surface area contributed by atoms with Gasteiger partial charge in [-0.25, -0.2) is 4.79 Å². The van der Waals surface area contributed by atoms with Gasteiger partial charge in [0.2, 0.25) is 0 Å². The summed E-state index contributed by atoms with van der Waals surface area (Å²) < 4.78 is 5.38. The number of amides is 1. The molecule has 2 aromatic carbocycles. The van der Waals surface area contributed by atoms with E-state index >= 15 is 0 Å². The summed E-state index contributed by atoms with van der Waals surface area (Å²) >= 11 is 0. The van der Waals surface area contributed by atoms with Gasteiger partial charge in [0.25, 0.3) is 5.69 Å². The van der Waals surface area contributed by atoms with E-state index in [1.54, 1.807) is 39.0 Å². The Balaban J connectivity index is 2.54. The number of para-hydroxylation sites is 1. The first-order chi connectivity index (χ1) is 14.3. The predicted molar refractivity (Wildman–Crippen MR) is 119 cm³/mol. The van der Waals surface area contributed by atoms with Crippen LogP contribution < -0.4 is 5.32 Å². The van der Waals surface area contributed by atoms with E-state index in [0.717, 1.165) is 5.56 Å². The maximum atomic E-state index is 12.6. The lowest BCUT2D eigenvalue weighted by Crippen LogP contribution is -2.37. The number of nitro benzene ring substituents is 1. The molecule has 2 rings (SSSR count). The minimum absolute atomic E-state index is 0.0700. The number of hydrogen-bond donors (Lipinski definition) is 1. The summed E-state index contributed by atoms with van der Waals surface area (Å²) in [6, 6.07) is 14.9. The van der Waals surface area contributed by atoms with Gasteiger partial charge in [-0.05, 0) is 37.3 Å². The molecule has 0 radical (unpaired) electrons. The minimum atomic E-state index is -0.991. The molecule has 0 fully saturated rings. The van der Waals surface area contributed by atoms with Crippen LogP contribution in [0.15, 0.2) is 48.5 Å². The molecule has 31 heavy (non-hydrogen) atoms. The van der Waals surface area contributed by atoms with Crippen LogP contribution in [0, 0.1) is 21.4 Å². The highest BCUT2D eigenvalue weighted by atomic mass is 16.6. The number of nitro groups is 1. The molecule has 0 unspecified atom stereocenters. The van der Waals surface area contributed by atoms with Crippen LogP contribution in [0.4, 0.5) is 10.5 Å².